The highest BCUT2D eigenvalue weighted by Crippen LogP contribution is 2.28. The van der Waals surface area contributed by atoms with Gasteiger partial charge in [0.2, 0.25) is 5.91 Å². The van der Waals surface area contributed by atoms with Crippen molar-refractivity contribution in [3.05, 3.63) is 70.8 Å². The van der Waals surface area contributed by atoms with Gasteiger partial charge in [-0.15, -0.1) is 0 Å². The number of aromatic carboxylic acids is 1. The van der Waals surface area contributed by atoms with Gasteiger partial charge in [-0.05, 0) is 48.9 Å². The van der Waals surface area contributed by atoms with Gasteiger partial charge in [-0.25, -0.2) is 9.18 Å². The maximum Gasteiger partial charge on any atom is 0.336 e. The van der Waals surface area contributed by atoms with Crippen LogP contribution in [-0.4, -0.2) is 44.0 Å². The zero-order valence-electron chi connectivity index (χ0n) is 24.2. The van der Waals surface area contributed by atoms with Crippen molar-refractivity contribution >= 4 is 28.8 Å². The van der Waals surface area contributed by atoms with E-state index in [9.17, 15) is 19.5 Å². The second-order valence-corrected chi connectivity index (χ2v) is 11.4. The summed E-state index contributed by atoms with van der Waals surface area (Å²) in [5, 5.41) is 12.5. The van der Waals surface area contributed by atoms with Crippen molar-refractivity contribution in [3.8, 4) is 17.1 Å². The molecule has 0 aliphatic heterocycles. The Morgan fingerprint density at radius 3 is 2.49 bits per heavy atom. The molecule has 0 saturated carbocycles. The number of ether oxygens (including phenoxy) is 1. The van der Waals surface area contributed by atoms with Gasteiger partial charge in [0.15, 0.2) is 5.12 Å². The maximum atomic E-state index is 15.5. The lowest BCUT2D eigenvalue weighted by atomic mass is 9.98. The van der Waals surface area contributed by atoms with Gasteiger partial charge in [-0.2, -0.15) is 4.98 Å². The van der Waals surface area contributed by atoms with Crippen molar-refractivity contribution in [1.29, 1.82) is 0 Å². The maximum absolute atomic E-state index is 15.5. The molecule has 2 N–H and O–H groups in total. The predicted molar refractivity (Wildman–Crippen MR) is 159 cm³/mol. The quantitative estimate of drug-likeness (QED) is 0.241. The van der Waals surface area contributed by atoms with Crippen LogP contribution < -0.4 is 10.1 Å². The van der Waals surface area contributed by atoms with Crippen molar-refractivity contribution in [2.45, 2.75) is 60.5 Å². The molecule has 0 spiro atoms. The van der Waals surface area contributed by atoms with Crippen LogP contribution in [-0.2, 0) is 29.1 Å². The van der Waals surface area contributed by atoms with Gasteiger partial charge in [-0.1, -0.05) is 62.9 Å². The topological polar surface area (TPSA) is 111 Å². The molecule has 1 atom stereocenters. The first-order valence-electron chi connectivity index (χ1n) is 13.8. The smallest absolute Gasteiger partial charge is 0.336 e. The Labute approximate surface area is 244 Å². The molecule has 1 aromatic heterocycles. The van der Waals surface area contributed by atoms with Gasteiger partial charge >= 0.3 is 5.97 Å². The summed E-state index contributed by atoms with van der Waals surface area (Å²) < 4.78 is 23.0. The first-order valence-corrected chi connectivity index (χ1v) is 14.8. The lowest BCUT2D eigenvalue weighted by molar-refractivity contribution is -0.125. The van der Waals surface area contributed by atoms with Crippen molar-refractivity contribution < 1.29 is 28.6 Å². The van der Waals surface area contributed by atoms with Crippen LogP contribution in [0.1, 0.15) is 68.3 Å². The minimum Gasteiger partial charge on any atom is -0.478 e. The Bertz CT molecular complexity index is 1390. The van der Waals surface area contributed by atoms with E-state index in [1.54, 1.807) is 34.9 Å². The lowest BCUT2D eigenvalue weighted by Crippen LogP contribution is -2.33. The van der Waals surface area contributed by atoms with Crippen molar-refractivity contribution in [2.24, 2.45) is 11.8 Å². The average molecular weight is 584 g/mol. The lowest BCUT2D eigenvalue weighted by Gasteiger charge is -2.19. The van der Waals surface area contributed by atoms with Gasteiger partial charge in [-0.3, -0.25) is 14.2 Å². The molecule has 3 aromatic rings. The van der Waals surface area contributed by atoms with Crippen LogP contribution in [0.3, 0.4) is 0 Å². The molecule has 3 rings (SSSR count). The number of rotatable bonds is 14. The third-order valence-electron chi connectivity index (χ3n) is 6.62. The molecular weight excluding hydrogens is 545 g/mol. The molecule has 8 nitrogen and oxygen atoms in total. The molecule has 1 unspecified atom stereocenters. The number of carboxylic acids is 1. The molecule has 0 aliphatic carbocycles. The molecule has 0 bridgehead atoms. The monoisotopic (exact) mass is 583 g/mol. The number of halogens is 1. The largest absolute Gasteiger partial charge is 0.478 e. The van der Waals surface area contributed by atoms with E-state index in [0.717, 1.165) is 17.5 Å². The Balaban J connectivity index is 1.91. The second-order valence-electron chi connectivity index (χ2n) is 10.2. The van der Waals surface area contributed by atoms with Crippen LogP contribution in [0.5, 0.6) is 6.01 Å². The average Bonchev–Trinajstić information content (AvgIpc) is 3.26. The van der Waals surface area contributed by atoms with Gasteiger partial charge in [0.1, 0.15) is 5.82 Å². The number of hydrogen-bond acceptors (Lipinski definition) is 6. The van der Waals surface area contributed by atoms with E-state index in [0.29, 0.717) is 53.6 Å². The second kappa shape index (κ2) is 14.8. The number of amides is 1. The summed E-state index contributed by atoms with van der Waals surface area (Å²) in [6.45, 7) is 10.0. The van der Waals surface area contributed by atoms with Crippen LogP contribution in [0.2, 0.25) is 0 Å². The first kappa shape index (κ1) is 31.9. The third kappa shape index (κ3) is 8.42. The van der Waals surface area contributed by atoms with Crippen LogP contribution in [0.15, 0.2) is 42.5 Å². The summed E-state index contributed by atoms with van der Waals surface area (Å²) in [6, 6.07) is 11.5. The number of aryl methyl sites for hydroxylation is 1. The molecule has 0 radical (unpaired) electrons. The highest BCUT2D eigenvalue weighted by molar-refractivity contribution is 8.13. The molecule has 0 aliphatic rings. The Hall–Kier alpha value is -3.66. The molecule has 41 heavy (non-hydrogen) atoms. The van der Waals surface area contributed by atoms with Gasteiger partial charge in [0, 0.05) is 24.2 Å². The SMILES string of the molecule is CCOc1nc(CC)c(CNC(=O)C(CSC(C)=O)CC(C)C)n1Cc1ccc(-c2ccccc2C(=O)O)cc1F. The summed E-state index contributed by atoms with van der Waals surface area (Å²) in [7, 11) is 0. The number of aromatic nitrogens is 2. The number of hydrogen-bond donors (Lipinski definition) is 2. The van der Waals surface area contributed by atoms with E-state index in [-0.39, 0.29) is 41.5 Å². The molecule has 1 heterocycles. The summed E-state index contributed by atoms with van der Waals surface area (Å²) in [5.74, 6) is -1.35. The Morgan fingerprint density at radius 1 is 1.15 bits per heavy atom. The molecule has 0 fully saturated rings. The summed E-state index contributed by atoms with van der Waals surface area (Å²) in [4.78, 5) is 41.0. The normalized spacial score (nSPS) is 11.9. The van der Waals surface area contributed by atoms with E-state index in [1.165, 1.54) is 19.1 Å². The number of carbonyl (C=O) groups excluding carboxylic acids is 2. The van der Waals surface area contributed by atoms with Crippen LogP contribution >= 0.6 is 11.8 Å². The van der Waals surface area contributed by atoms with Gasteiger partial charge in [0.05, 0.1) is 36.6 Å². The third-order valence-corrected chi connectivity index (χ3v) is 7.60. The van der Waals surface area contributed by atoms with E-state index >= 15 is 4.39 Å². The standard InChI is InChI=1S/C31H38FN3O5S/c1-6-27-28(16-33-29(37)23(14-19(3)4)18-41-20(5)36)35(31(34-27)40-7-2)17-22-13-12-21(15-26(22)32)24-10-8-9-11-25(24)30(38)39/h8-13,15,19,23H,6-7,14,16-18H2,1-5H3,(H,33,37)(H,38,39). The van der Waals surface area contributed by atoms with Crippen LogP contribution in [0.25, 0.3) is 11.1 Å². The number of imidazole rings is 1. The molecule has 1 amide bonds. The highest BCUT2D eigenvalue weighted by atomic mass is 32.2. The summed E-state index contributed by atoms with van der Waals surface area (Å²) in [6.07, 6.45) is 1.24. The minimum absolute atomic E-state index is 0.0289. The summed E-state index contributed by atoms with van der Waals surface area (Å²) in [5.41, 5.74) is 2.80. The van der Waals surface area contributed by atoms with E-state index in [1.807, 2.05) is 27.7 Å². The number of carboxylic acid groups (broad SMARTS) is 1. The molecule has 10 heteroatoms. The van der Waals surface area contributed by atoms with Crippen LogP contribution in [0, 0.1) is 17.7 Å². The number of nitrogens with one attached hydrogen (secondary N) is 1. The van der Waals surface area contributed by atoms with E-state index in [2.05, 4.69) is 10.3 Å². The van der Waals surface area contributed by atoms with Crippen molar-refractivity contribution in [2.75, 3.05) is 12.4 Å². The van der Waals surface area contributed by atoms with E-state index < -0.39 is 11.8 Å². The fourth-order valence-corrected chi connectivity index (χ4v) is 5.41. The number of carbonyl (C=O) groups is 3. The fourth-order valence-electron chi connectivity index (χ4n) is 4.68. The van der Waals surface area contributed by atoms with E-state index in [4.69, 9.17) is 4.74 Å². The Morgan fingerprint density at radius 2 is 1.88 bits per heavy atom. The zero-order valence-corrected chi connectivity index (χ0v) is 25.0. The minimum atomic E-state index is -1.08. The number of nitrogens with zero attached hydrogens (tertiary/aromatic N) is 2. The first-order chi connectivity index (χ1) is 19.5. The van der Waals surface area contributed by atoms with Crippen LogP contribution in [0.4, 0.5) is 4.39 Å². The Kier molecular flexibility index (Phi) is 11.5. The number of thioether (sulfide) groups is 1. The van der Waals surface area contributed by atoms with Gasteiger partial charge < -0.3 is 15.2 Å². The molecule has 220 valence electrons. The number of benzene rings is 2. The summed E-state index contributed by atoms with van der Waals surface area (Å²) >= 11 is 1.15. The molecule has 0 saturated heterocycles. The van der Waals surface area contributed by atoms with Crippen molar-refractivity contribution in [3.63, 3.8) is 0 Å². The predicted octanol–water partition coefficient (Wildman–Crippen LogP) is 5.96. The fraction of sp³-hybridized carbons (Fsp3) is 0.419. The highest BCUT2D eigenvalue weighted by Gasteiger charge is 2.24. The zero-order chi connectivity index (χ0) is 30.1. The van der Waals surface area contributed by atoms with Crippen molar-refractivity contribution in [1.82, 2.24) is 14.9 Å². The van der Waals surface area contributed by atoms with Gasteiger partial charge in [0.25, 0.3) is 6.01 Å². The molecule has 2 aromatic carbocycles. The molecular formula is C31H38FN3O5S.